The molecule has 0 aliphatic heterocycles. The highest BCUT2D eigenvalue weighted by Gasteiger charge is 2.08. The lowest BCUT2D eigenvalue weighted by atomic mass is 10.3. The zero-order valence-electron chi connectivity index (χ0n) is 10.2. The van der Waals surface area contributed by atoms with Gasteiger partial charge in [-0.15, -0.1) is 0 Å². The number of fused-ring (bicyclic) bond motifs is 1. The lowest BCUT2D eigenvalue weighted by Gasteiger charge is -2.17. The summed E-state index contributed by atoms with van der Waals surface area (Å²) in [5, 5.41) is 5.09. The minimum absolute atomic E-state index is 0.376. The van der Waals surface area contributed by atoms with Gasteiger partial charge in [-0.2, -0.15) is 0 Å². The Morgan fingerprint density at radius 2 is 2.24 bits per heavy atom. The molecule has 1 aromatic carbocycles. The van der Waals surface area contributed by atoms with Crippen LogP contribution in [0, 0.1) is 0 Å². The highest BCUT2D eigenvalue weighted by Crippen LogP contribution is 2.28. The quantitative estimate of drug-likeness (QED) is 0.923. The molecule has 0 fully saturated rings. The summed E-state index contributed by atoms with van der Waals surface area (Å²) in [7, 11) is 4.13. The molecule has 1 aromatic heterocycles. The van der Waals surface area contributed by atoms with E-state index in [1.54, 1.807) is 11.3 Å². The number of nitrogens with zero attached hydrogens (tertiary/aromatic N) is 2. The molecule has 0 radical (unpaired) electrons. The number of benzene rings is 1. The van der Waals surface area contributed by atoms with Crippen LogP contribution in [0.1, 0.15) is 6.92 Å². The molecule has 1 atom stereocenters. The Hall–Kier alpha value is -0.840. The summed E-state index contributed by atoms with van der Waals surface area (Å²) in [4.78, 5) is 6.68. The molecule has 17 heavy (non-hydrogen) atoms. The van der Waals surface area contributed by atoms with Gasteiger partial charge in [0.15, 0.2) is 5.13 Å². The van der Waals surface area contributed by atoms with E-state index >= 15 is 0 Å². The first-order chi connectivity index (χ1) is 8.04. The summed E-state index contributed by atoms with van der Waals surface area (Å²) < 4.78 is 1.16. The predicted molar refractivity (Wildman–Crippen MR) is 76.3 cm³/mol. The predicted octanol–water partition coefficient (Wildman–Crippen LogP) is 3.31. The molecule has 1 heterocycles. The summed E-state index contributed by atoms with van der Waals surface area (Å²) in [6.45, 7) is 3.13. The maximum Gasteiger partial charge on any atom is 0.184 e. The van der Waals surface area contributed by atoms with E-state index in [2.05, 4.69) is 36.2 Å². The van der Waals surface area contributed by atoms with E-state index in [0.29, 0.717) is 6.04 Å². The van der Waals surface area contributed by atoms with Gasteiger partial charge in [0.05, 0.1) is 10.2 Å². The van der Waals surface area contributed by atoms with Crippen molar-refractivity contribution in [1.29, 1.82) is 0 Å². The summed E-state index contributed by atoms with van der Waals surface area (Å²) >= 11 is 7.60. The molecular formula is C12H16ClN3S. The highest BCUT2D eigenvalue weighted by molar-refractivity contribution is 7.22. The van der Waals surface area contributed by atoms with Gasteiger partial charge in [-0.1, -0.05) is 22.9 Å². The summed E-state index contributed by atoms with van der Waals surface area (Å²) in [6.07, 6.45) is 0. The number of thiazole rings is 1. The van der Waals surface area contributed by atoms with Crippen LogP contribution in [0.5, 0.6) is 0 Å². The number of hydrogen-bond acceptors (Lipinski definition) is 4. The van der Waals surface area contributed by atoms with Gasteiger partial charge in [-0.05, 0) is 39.2 Å². The van der Waals surface area contributed by atoms with Crippen LogP contribution in [0.2, 0.25) is 5.02 Å². The van der Waals surface area contributed by atoms with E-state index in [0.717, 1.165) is 26.9 Å². The molecule has 3 nitrogen and oxygen atoms in total. The van der Waals surface area contributed by atoms with E-state index in [1.165, 1.54) is 0 Å². The van der Waals surface area contributed by atoms with Crippen LogP contribution in [0.25, 0.3) is 10.2 Å². The number of hydrogen-bond donors (Lipinski definition) is 1. The van der Waals surface area contributed by atoms with Crippen LogP contribution >= 0.6 is 22.9 Å². The third kappa shape index (κ3) is 3.31. The van der Waals surface area contributed by atoms with Crippen molar-refractivity contribution in [3.8, 4) is 0 Å². The summed E-state index contributed by atoms with van der Waals surface area (Å²) in [6, 6.07) is 6.18. The number of halogens is 1. The first-order valence-electron chi connectivity index (χ1n) is 5.52. The van der Waals surface area contributed by atoms with Gasteiger partial charge >= 0.3 is 0 Å². The van der Waals surface area contributed by atoms with Crippen molar-refractivity contribution >= 4 is 38.3 Å². The molecule has 1 unspecified atom stereocenters. The average Bonchev–Trinajstić information content (AvgIpc) is 2.57. The summed E-state index contributed by atoms with van der Waals surface area (Å²) in [5.74, 6) is 0. The maximum atomic E-state index is 5.94. The number of rotatable bonds is 4. The molecule has 0 aliphatic carbocycles. The van der Waals surface area contributed by atoms with Crippen LogP contribution in [-0.2, 0) is 0 Å². The number of aromatic nitrogens is 1. The second-order valence-corrected chi connectivity index (χ2v) is 5.91. The van der Waals surface area contributed by atoms with Crippen molar-refractivity contribution in [3.63, 3.8) is 0 Å². The van der Waals surface area contributed by atoms with Crippen LogP contribution in [0.15, 0.2) is 18.2 Å². The lowest BCUT2D eigenvalue weighted by Crippen LogP contribution is -2.29. The molecule has 0 bridgehead atoms. The Labute approximate surface area is 110 Å². The topological polar surface area (TPSA) is 28.2 Å². The van der Waals surface area contributed by atoms with E-state index < -0.39 is 0 Å². The number of nitrogens with one attached hydrogen (secondary N) is 1. The zero-order valence-corrected chi connectivity index (χ0v) is 11.8. The van der Waals surface area contributed by atoms with Crippen LogP contribution in [-0.4, -0.2) is 36.6 Å². The SMILES string of the molecule is CC(CN(C)C)Nc1nc2cc(Cl)ccc2s1. The van der Waals surface area contributed by atoms with Crippen molar-refractivity contribution < 1.29 is 0 Å². The highest BCUT2D eigenvalue weighted by atomic mass is 35.5. The van der Waals surface area contributed by atoms with Gasteiger partial charge < -0.3 is 10.2 Å². The molecular weight excluding hydrogens is 254 g/mol. The first kappa shape index (κ1) is 12.6. The monoisotopic (exact) mass is 269 g/mol. The number of likely N-dealkylation sites (N-methyl/N-ethyl adjacent to an activating group) is 1. The molecule has 0 saturated heterocycles. The van der Waals surface area contributed by atoms with E-state index in [9.17, 15) is 0 Å². The van der Waals surface area contributed by atoms with Gasteiger partial charge in [0, 0.05) is 17.6 Å². The van der Waals surface area contributed by atoms with Crippen LogP contribution < -0.4 is 5.32 Å². The van der Waals surface area contributed by atoms with Crippen LogP contribution in [0.3, 0.4) is 0 Å². The fourth-order valence-electron chi connectivity index (χ4n) is 1.77. The van der Waals surface area contributed by atoms with Crippen molar-refractivity contribution in [2.24, 2.45) is 0 Å². The van der Waals surface area contributed by atoms with E-state index in [4.69, 9.17) is 11.6 Å². The van der Waals surface area contributed by atoms with Gasteiger partial charge in [0.25, 0.3) is 0 Å². The van der Waals surface area contributed by atoms with E-state index in [-0.39, 0.29) is 0 Å². The summed E-state index contributed by atoms with van der Waals surface area (Å²) in [5.41, 5.74) is 0.960. The average molecular weight is 270 g/mol. The van der Waals surface area contributed by atoms with Gasteiger partial charge in [-0.3, -0.25) is 0 Å². The minimum Gasteiger partial charge on any atom is -0.358 e. The Bertz CT molecular complexity index is 509. The third-order valence-corrected chi connectivity index (χ3v) is 3.56. The molecule has 2 rings (SSSR count). The van der Waals surface area contributed by atoms with Gasteiger partial charge in [0.2, 0.25) is 0 Å². The number of anilines is 1. The molecule has 0 saturated carbocycles. The molecule has 1 N–H and O–H groups in total. The van der Waals surface area contributed by atoms with Gasteiger partial charge in [-0.25, -0.2) is 4.98 Å². The Morgan fingerprint density at radius 3 is 2.94 bits per heavy atom. The standard InChI is InChI=1S/C12H16ClN3S/c1-8(7-16(2)3)14-12-15-10-6-9(13)4-5-11(10)17-12/h4-6,8H,7H2,1-3H3,(H,14,15). The Morgan fingerprint density at radius 1 is 1.47 bits per heavy atom. The third-order valence-electron chi connectivity index (χ3n) is 2.36. The molecule has 5 heteroatoms. The normalized spacial score (nSPS) is 13.2. The largest absolute Gasteiger partial charge is 0.358 e. The van der Waals surface area contributed by atoms with Crippen molar-refractivity contribution in [3.05, 3.63) is 23.2 Å². The molecule has 0 amide bonds. The zero-order chi connectivity index (χ0) is 12.4. The van der Waals surface area contributed by atoms with Crippen molar-refractivity contribution in [1.82, 2.24) is 9.88 Å². The van der Waals surface area contributed by atoms with Crippen molar-refractivity contribution in [2.45, 2.75) is 13.0 Å². The molecule has 92 valence electrons. The lowest BCUT2D eigenvalue weighted by molar-refractivity contribution is 0.392. The molecule has 2 aromatic rings. The fourth-order valence-corrected chi connectivity index (χ4v) is 2.89. The first-order valence-corrected chi connectivity index (χ1v) is 6.71. The second kappa shape index (κ2) is 5.21. The maximum absolute atomic E-state index is 5.94. The van der Waals surface area contributed by atoms with Crippen molar-refractivity contribution in [2.75, 3.05) is 26.0 Å². The van der Waals surface area contributed by atoms with E-state index in [1.807, 2.05) is 18.2 Å². The van der Waals surface area contributed by atoms with Gasteiger partial charge in [0.1, 0.15) is 0 Å². The second-order valence-electron chi connectivity index (χ2n) is 4.44. The smallest absolute Gasteiger partial charge is 0.184 e. The Kier molecular flexibility index (Phi) is 3.86. The molecule has 0 aliphatic rings. The Balaban J connectivity index is 2.14. The van der Waals surface area contributed by atoms with Crippen LogP contribution in [0.4, 0.5) is 5.13 Å². The fraction of sp³-hybridized carbons (Fsp3) is 0.417. The molecule has 0 spiro atoms. The minimum atomic E-state index is 0.376.